The summed E-state index contributed by atoms with van der Waals surface area (Å²) in [6, 6.07) is -0.523. The molecule has 2 N–H and O–H groups in total. The quantitative estimate of drug-likeness (QED) is 0.660. The molecule has 174 valence electrons. The van der Waals surface area contributed by atoms with Gasteiger partial charge in [-0.25, -0.2) is 18.6 Å². The number of imide groups is 2. The van der Waals surface area contributed by atoms with Crippen molar-refractivity contribution in [3.05, 3.63) is 35.2 Å². The molecule has 4 amide bonds. The molecule has 3 aliphatic heterocycles. The topological polar surface area (TPSA) is 114 Å². The number of aromatic nitrogens is 1. The first-order valence-electron chi connectivity index (χ1n) is 10.7. The van der Waals surface area contributed by atoms with Crippen LogP contribution in [0.2, 0.25) is 0 Å². The first-order chi connectivity index (χ1) is 15.7. The van der Waals surface area contributed by atoms with E-state index in [0.717, 1.165) is 0 Å². The highest BCUT2D eigenvalue weighted by atomic mass is 19.2. The van der Waals surface area contributed by atoms with Gasteiger partial charge in [-0.3, -0.25) is 20.2 Å². The van der Waals surface area contributed by atoms with Crippen LogP contribution in [0.15, 0.2) is 16.7 Å². The Balaban J connectivity index is 1.73. The molecule has 11 heteroatoms. The summed E-state index contributed by atoms with van der Waals surface area (Å²) in [7, 11) is 0. The lowest BCUT2D eigenvalue weighted by Gasteiger charge is -2.55. The highest BCUT2D eigenvalue weighted by Crippen LogP contribution is 2.49. The molecule has 33 heavy (non-hydrogen) atoms. The van der Waals surface area contributed by atoms with Crippen molar-refractivity contribution in [3.8, 4) is 11.5 Å². The number of hydrogen-bond donors (Lipinski definition) is 2. The fourth-order valence-corrected chi connectivity index (χ4v) is 5.29. The van der Waals surface area contributed by atoms with Crippen molar-refractivity contribution in [2.45, 2.75) is 51.9 Å². The van der Waals surface area contributed by atoms with E-state index in [-0.39, 0.29) is 41.8 Å². The number of fused-ring (bicyclic) bond motifs is 4. The summed E-state index contributed by atoms with van der Waals surface area (Å²) in [5.41, 5.74) is -1.22. The fourth-order valence-electron chi connectivity index (χ4n) is 5.29. The van der Waals surface area contributed by atoms with E-state index in [2.05, 4.69) is 15.6 Å². The Labute approximate surface area is 187 Å². The van der Waals surface area contributed by atoms with Gasteiger partial charge in [-0.15, -0.1) is 0 Å². The molecule has 3 aliphatic rings. The zero-order valence-electron chi connectivity index (χ0n) is 18.2. The predicted octanol–water partition coefficient (Wildman–Crippen LogP) is 2.07. The zero-order chi connectivity index (χ0) is 23.7. The van der Waals surface area contributed by atoms with E-state index < -0.39 is 47.0 Å². The Hall–Kier alpha value is -3.34. The lowest BCUT2D eigenvalue weighted by atomic mass is 9.66. The summed E-state index contributed by atoms with van der Waals surface area (Å²) in [6.45, 7) is 5.39. The Morgan fingerprint density at radius 3 is 2.52 bits per heavy atom. The molecule has 1 aromatic carbocycles. The summed E-state index contributed by atoms with van der Waals surface area (Å²) < 4.78 is 42.0. The summed E-state index contributed by atoms with van der Waals surface area (Å²) in [5, 5.41) is 4.32. The lowest BCUT2D eigenvalue weighted by Crippen LogP contribution is -2.75. The molecular formula is C22H22F2N4O5. The number of carbonyl (C=O) groups is 3. The number of nitrogens with zero attached hydrogens (tertiary/aromatic N) is 2. The van der Waals surface area contributed by atoms with E-state index in [1.807, 2.05) is 6.92 Å². The van der Waals surface area contributed by atoms with Crippen LogP contribution >= 0.6 is 0 Å². The number of amides is 4. The van der Waals surface area contributed by atoms with Gasteiger partial charge in [-0.2, -0.15) is 0 Å². The smallest absolute Gasteiger partial charge is 0.328 e. The second-order valence-electron chi connectivity index (χ2n) is 8.69. The Bertz CT molecular complexity index is 1180. The number of ether oxygens (including phenoxy) is 1. The number of anilines is 1. The van der Waals surface area contributed by atoms with Crippen molar-refractivity contribution in [1.29, 1.82) is 0 Å². The predicted molar refractivity (Wildman–Crippen MR) is 110 cm³/mol. The first-order valence-corrected chi connectivity index (χ1v) is 10.7. The molecule has 0 saturated carbocycles. The van der Waals surface area contributed by atoms with Crippen molar-refractivity contribution in [2.75, 3.05) is 11.4 Å². The first kappa shape index (κ1) is 21.5. The van der Waals surface area contributed by atoms with Gasteiger partial charge >= 0.3 is 6.03 Å². The van der Waals surface area contributed by atoms with E-state index in [0.29, 0.717) is 12.1 Å². The van der Waals surface area contributed by atoms with Gasteiger partial charge in [0.1, 0.15) is 6.26 Å². The van der Waals surface area contributed by atoms with Crippen LogP contribution < -0.4 is 15.5 Å². The number of carbonyl (C=O) groups excluding carboxylic acids is 3. The number of halogens is 2. The molecule has 2 aromatic rings. The minimum Gasteiger partial charge on any atom is -0.444 e. The number of hydrogen-bond acceptors (Lipinski definition) is 7. The maximum atomic E-state index is 15.6. The van der Waals surface area contributed by atoms with E-state index in [1.54, 1.807) is 13.8 Å². The van der Waals surface area contributed by atoms with Crippen LogP contribution in [0.4, 0.5) is 19.3 Å². The molecule has 5 rings (SSSR count). The maximum Gasteiger partial charge on any atom is 0.328 e. The van der Waals surface area contributed by atoms with Crippen molar-refractivity contribution >= 4 is 23.5 Å². The van der Waals surface area contributed by atoms with Crippen molar-refractivity contribution in [1.82, 2.24) is 15.6 Å². The Morgan fingerprint density at radius 2 is 1.88 bits per heavy atom. The van der Waals surface area contributed by atoms with E-state index >= 15 is 8.78 Å². The van der Waals surface area contributed by atoms with Crippen LogP contribution in [-0.4, -0.2) is 47.6 Å². The minimum atomic E-state index is -1.78. The molecule has 4 heterocycles. The third kappa shape index (κ3) is 2.98. The molecule has 2 saturated heterocycles. The van der Waals surface area contributed by atoms with Gasteiger partial charge in [-0.05, 0) is 31.9 Å². The van der Waals surface area contributed by atoms with Crippen LogP contribution in [0.25, 0.3) is 11.5 Å². The van der Waals surface area contributed by atoms with Gasteiger partial charge in [0.05, 0.1) is 35.2 Å². The molecule has 0 bridgehead atoms. The molecule has 0 unspecified atom stereocenters. The van der Waals surface area contributed by atoms with Gasteiger partial charge in [0, 0.05) is 13.0 Å². The summed E-state index contributed by atoms with van der Waals surface area (Å²) in [4.78, 5) is 43.8. The Morgan fingerprint density at radius 1 is 1.18 bits per heavy atom. The number of benzene rings is 1. The van der Waals surface area contributed by atoms with Crippen molar-refractivity contribution in [3.63, 3.8) is 0 Å². The van der Waals surface area contributed by atoms with Crippen LogP contribution in [-0.2, 0) is 27.2 Å². The molecule has 1 spiro atoms. The molecule has 0 radical (unpaired) electrons. The van der Waals surface area contributed by atoms with Gasteiger partial charge in [0.25, 0.3) is 0 Å². The number of nitrogens with one attached hydrogen (secondary N) is 2. The number of aryl methyl sites for hydroxylation is 1. The number of urea groups is 1. The maximum absolute atomic E-state index is 15.6. The average Bonchev–Trinajstić information content (AvgIpc) is 3.22. The monoisotopic (exact) mass is 460 g/mol. The third-order valence-electron chi connectivity index (χ3n) is 6.61. The number of oxazole rings is 1. The molecule has 3 atom stereocenters. The standard InChI is InChI=1S/C22H22F2N4O5/c1-4-12-8-32-18(25-12)13-5-11-6-22(19(29)26-21(31)27-20(22)30)17-10(3)33-9(2)7-28(17)16(11)15(24)14(13)23/h5,8-10,17H,4,6-7H2,1-3H3,(H2,26,27,29,30,31)/t9-,10+,17-/m0/s1. The molecule has 1 aromatic heterocycles. The molecule has 9 nitrogen and oxygen atoms in total. The van der Waals surface area contributed by atoms with Gasteiger partial charge < -0.3 is 14.1 Å². The van der Waals surface area contributed by atoms with E-state index in [1.165, 1.54) is 17.2 Å². The normalized spacial score (nSPS) is 26.0. The lowest BCUT2D eigenvalue weighted by molar-refractivity contribution is -0.153. The Kier molecular flexibility index (Phi) is 4.78. The summed E-state index contributed by atoms with van der Waals surface area (Å²) >= 11 is 0. The number of morpholine rings is 1. The van der Waals surface area contributed by atoms with Crippen molar-refractivity contribution in [2.24, 2.45) is 5.41 Å². The second-order valence-corrected chi connectivity index (χ2v) is 8.69. The number of barbiturate groups is 1. The molecular weight excluding hydrogens is 438 g/mol. The largest absolute Gasteiger partial charge is 0.444 e. The fraction of sp³-hybridized carbons (Fsp3) is 0.455. The van der Waals surface area contributed by atoms with Crippen molar-refractivity contribution < 1.29 is 32.3 Å². The van der Waals surface area contributed by atoms with Crippen LogP contribution in [0.3, 0.4) is 0 Å². The highest BCUT2D eigenvalue weighted by Gasteiger charge is 2.63. The zero-order valence-corrected chi connectivity index (χ0v) is 18.2. The average molecular weight is 460 g/mol. The highest BCUT2D eigenvalue weighted by molar-refractivity contribution is 6.20. The van der Waals surface area contributed by atoms with Crippen LogP contribution in [0.1, 0.15) is 32.0 Å². The number of rotatable bonds is 2. The van der Waals surface area contributed by atoms with E-state index in [4.69, 9.17) is 9.15 Å². The summed E-state index contributed by atoms with van der Waals surface area (Å²) in [5.74, 6) is -3.96. The van der Waals surface area contributed by atoms with Gasteiger partial charge in [0.15, 0.2) is 17.0 Å². The van der Waals surface area contributed by atoms with Gasteiger partial charge in [-0.1, -0.05) is 6.92 Å². The van der Waals surface area contributed by atoms with Gasteiger partial charge in [0.2, 0.25) is 17.7 Å². The molecule has 0 aliphatic carbocycles. The SMILES string of the molecule is CCc1coc(-c2cc3c(c(F)c2F)N2C[C@H](C)O[C@H](C)[C@H]2C2(C3)C(=O)NC(=O)NC2=O)n1. The van der Waals surface area contributed by atoms with Crippen LogP contribution in [0.5, 0.6) is 0 Å². The van der Waals surface area contributed by atoms with E-state index in [9.17, 15) is 14.4 Å². The summed E-state index contributed by atoms with van der Waals surface area (Å²) in [6.07, 6.45) is 0.579. The third-order valence-corrected chi connectivity index (χ3v) is 6.61. The minimum absolute atomic E-state index is 0.0337. The van der Waals surface area contributed by atoms with Crippen LogP contribution in [0, 0.1) is 17.0 Å². The second kappa shape index (κ2) is 7.34. The molecule has 2 fully saturated rings.